The van der Waals surface area contributed by atoms with Crippen LogP contribution in [0.1, 0.15) is 16.7 Å². The number of anilines is 1. The third kappa shape index (κ3) is 5.69. The fourth-order valence-electron chi connectivity index (χ4n) is 2.91. The van der Waals surface area contributed by atoms with Gasteiger partial charge in [0.1, 0.15) is 6.04 Å². The standard InChI is InChI=1S/C23H23ClN2O3S/c1-16-8-12-20(13-9-16)30(28,29)26-22(14-18-6-4-3-5-7-18)23(27)25-19-11-10-17(2)21(24)15-19/h3-13,15,22,26H,14H2,1-2H3,(H,25,27)/t22-/m0/s1. The van der Waals surface area contributed by atoms with Crippen LogP contribution in [0.2, 0.25) is 5.02 Å². The lowest BCUT2D eigenvalue weighted by Gasteiger charge is -2.19. The lowest BCUT2D eigenvalue weighted by molar-refractivity contribution is -0.117. The van der Waals surface area contributed by atoms with Gasteiger partial charge in [-0.2, -0.15) is 4.72 Å². The van der Waals surface area contributed by atoms with Crippen molar-refractivity contribution >= 4 is 33.2 Å². The first-order chi connectivity index (χ1) is 14.2. The van der Waals surface area contributed by atoms with Crippen LogP contribution in [-0.2, 0) is 21.2 Å². The summed E-state index contributed by atoms with van der Waals surface area (Å²) in [6, 6.07) is 19.9. The van der Waals surface area contributed by atoms with E-state index in [1.807, 2.05) is 44.2 Å². The van der Waals surface area contributed by atoms with Gasteiger partial charge in [-0.1, -0.05) is 65.7 Å². The highest BCUT2D eigenvalue weighted by molar-refractivity contribution is 7.89. The minimum atomic E-state index is -3.89. The van der Waals surface area contributed by atoms with E-state index in [1.165, 1.54) is 12.1 Å². The first-order valence-corrected chi connectivity index (χ1v) is 11.3. The van der Waals surface area contributed by atoms with Crippen LogP contribution >= 0.6 is 11.6 Å². The molecule has 0 aliphatic carbocycles. The fourth-order valence-corrected chi connectivity index (χ4v) is 4.29. The van der Waals surface area contributed by atoms with Crippen molar-refractivity contribution < 1.29 is 13.2 Å². The van der Waals surface area contributed by atoms with Crippen LogP contribution in [0.4, 0.5) is 5.69 Å². The normalized spacial score (nSPS) is 12.4. The van der Waals surface area contributed by atoms with Crippen LogP contribution in [0.15, 0.2) is 77.7 Å². The molecule has 30 heavy (non-hydrogen) atoms. The van der Waals surface area contributed by atoms with Crippen LogP contribution in [-0.4, -0.2) is 20.4 Å². The summed E-state index contributed by atoms with van der Waals surface area (Å²) in [5, 5.41) is 3.28. The van der Waals surface area contributed by atoms with Crippen molar-refractivity contribution in [2.75, 3.05) is 5.32 Å². The van der Waals surface area contributed by atoms with Gasteiger partial charge in [0.15, 0.2) is 0 Å². The SMILES string of the molecule is Cc1ccc(S(=O)(=O)N[C@@H](Cc2ccccc2)C(=O)Nc2ccc(C)c(Cl)c2)cc1. The molecule has 0 unspecified atom stereocenters. The van der Waals surface area contributed by atoms with Gasteiger partial charge in [-0.05, 0) is 55.7 Å². The van der Waals surface area contributed by atoms with Crippen molar-refractivity contribution in [1.82, 2.24) is 4.72 Å². The molecule has 0 bridgehead atoms. The minimum absolute atomic E-state index is 0.109. The lowest BCUT2D eigenvalue weighted by atomic mass is 10.1. The molecule has 7 heteroatoms. The Morgan fingerprint density at radius 3 is 2.27 bits per heavy atom. The van der Waals surface area contributed by atoms with Crippen LogP contribution in [0.3, 0.4) is 0 Å². The van der Waals surface area contributed by atoms with Gasteiger partial charge in [-0.3, -0.25) is 4.79 Å². The molecule has 1 amide bonds. The Hall–Kier alpha value is -2.67. The summed E-state index contributed by atoms with van der Waals surface area (Å²) >= 11 is 6.14. The highest BCUT2D eigenvalue weighted by atomic mass is 35.5. The predicted molar refractivity (Wildman–Crippen MR) is 120 cm³/mol. The number of hydrogen-bond donors (Lipinski definition) is 2. The molecule has 0 spiro atoms. The Morgan fingerprint density at radius 1 is 0.967 bits per heavy atom. The zero-order valence-electron chi connectivity index (χ0n) is 16.7. The van der Waals surface area contributed by atoms with E-state index in [1.54, 1.807) is 30.3 Å². The molecule has 0 fully saturated rings. The van der Waals surface area contributed by atoms with E-state index in [4.69, 9.17) is 11.6 Å². The second-order valence-corrected chi connectivity index (χ2v) is 9.25. The monoisotopic (exact) mass is 442 g/mol. The van der Waals surface area contributed by atoms with Gasteiger partial charge >= 0.3 is 0 Å². The van der Waals surface area contributed by atoms with Crippen LogP contribution in [0.25, 0.3) is 0 Å². The largest absolute Gasteiger partial charge is 0.325 e. The summed E-state index contributed by atoms with van der Waals surface area (Å²) in [5.74, 6) is -0.463. The number of carbonyl (C=O) groups excluding carboxylic acids is 1. The van der Waals surface area contributed by atoms with Gasteiger partial charge in [0.2, 0.25) is 15.9 Å². The number of benzene rings is 3. The van der Waals surface area contributed by atoms with E-state index in [2.05, 4.69) is 10.0 Å². The molecule has 0 radical (unpaired) electrons. The summed E-state index contributed by atoms with van der Waals surface area (Å²) in [4.78, 5) is 13.1. The zero-order valence-corrected chi connectivity index (χ0v) is 18.3. The maximum Gasteiger partial charge on any atom is 0.242 e. The summed E-state index contributed by atoms with van der Waals surface area (Å²) in [5.41, 5.74) is 3.17. The Bertz CT molecular complexity index is 1130. The van der Waals surface area contributed by atoms with Crippen LogP contribution < -0.4 is 10.0 Å². The van der Waals surface area contributed by atoms with Gasteiger partial charge in [0.25, 0.3) is 0 Å². The Labute approximate surface area is 182 Å². The molecule has 0 heterocycles. The topological polar surface area (TPSA) is 75.3 Å². The Kier molecular flexibility index (Phi) is 6.92. The van der Waals surface area contributed by atoms with Crippen LogP contribution in [0.5, 0.6) is 0 Å². The average molecular weight is 443 g/mol. The van der Waals surface area contributed by atoms with Gasteiger partial charge in [-0.25, -0.2) is 8.42 Å². The second kappa shape index (κ2) is 9.43. The first kappa shape index (κ1) is 22.0. The molecule has 156 valence electrons. The van der Waals surface area contributed by atoms with Gasteiger partial charge < -0.3 is 5.32 Å². The zero-order chi connectivity index (χ0) is 21.7. The van der Waals surface area contributed by atoms with Crippen molar-refractivity contribution in [1.29, 1.82) is 0 Å². The molecule has 3 aromatic carbocycles. The smallest absolute Gasteiger partial charge is 0.242 e. The van der Waals surface area contributed by atoms with E-state index in [-0.39, 0.29) is 11.3 Å². The van der Waals surface area contributed by atoms with E-state index < -0.39 is 22.0 Å². The quantitative estimate of drug-likeness (QED) is 0.566. The van der Waals surface area contributed by atoms with Crippen molar-refractivity contribution in [3.63, 3.8) is 0 Å². The van der Waals surface area contributed by atoms with E-state index in [9.17, 15) is 13.2 Å². The molecule has 2 N–H and O–H groups in total. The number of aryl methyl sites for hydroxylation is 2. The molecule has 1 atom stereocenters. The van der Waals surface area contributed by atoms with Crippen molar-refractivity contribution in [2.24, 2.45) is 0 Å². The van der Waals surface area contributed by atoms with Crippen molar-refractivity contribution in [3.8, 4) is 0 Å². The molecule has 0 saturated heterocycles. The fraction of sp³-hybridized carbons (Fsp3) is 0.174. The molecular formula is C23H23ClN2O3S. The van der Waals surface area contributed by atoms with E-state index in [0.717, 1.165) is 16.7 Å². The highest BCUT2D eigenvalue weighted by Crippen LogP contribution is 2.20. The number of rotatable bonds is 7. The summed E-state index contributed by atoms with van der Waals surface area (Å²) < 4.78 is 28.3. The Balaban J connectivity index is 1.86. The maximum atomic E-state index is 13.0. The van der Waals surface area contributed by atoms with E-state index in [0.29, 0.717) is 10.7 Å². The highest BCUT2D eigenvalue weighted by Gasteiger charge is 2.26. The number of nitrogens with one attached hydrogen (secondary N) is 2. The number of sulfonamides is 1. The van der Waals surface area contributed by atoms with Gasteiger partial charge in [0, 0.05) is 10.7 Å². The van der Waals surface area contributed by atoms with Crippen molar-refractivity contribution in [3.05, 3.63) is 94.5 Å². The minimum Gasteiger partial charge on any atom is -0.325 e. The molecule has 0 saturated carbocycles. The molecular weight excluding hydrogens is 420 g/mol. The van der Waals surface area contributed by atoms with E-state index >= 15 is 0 Å². The molecule has 0 aromatic heterocycles. The molecule has 0 aliphatic heterocycles. The molecule has 0 aliphatic rings. The van der Waals surface area contributed by atoms with Gasteiger partial charge in [0.05, 0.1) is 4.90 Å². The number of carbonyl (C=O) groups is 1. The molecule has 5 nitrogen and oxygen atoms in total. The summed E-state index contributed by atoms with van der Waals surface area (Å²) in [6.07, 6.45) is 0.206. The summed E-state index contributed by atoms with van der Waals surface area (Å²) in [7, 11) is -3.89. The number of halogens is 1. The predicted octanol–water partition coefficient (Wildman–Crippen LogP) is 4.49. The lowest BCUT2D eigenvalue weighted by Crippen LogP contribution is -2.45. The van der Waals surface area contributed by atoms with Crippen LogP contribution in [0, 0.1) is 13.8 Å². The maximum absolute atomic E-state index is 13.0. The van der Waals surface area contributed by atoms with Gasteiger partial charge in [-0.15, -0.1) is 0 Å². The summed E-state index contributed by atoms with van der Waals surface area (Å²) in [6.45, 7) is 3.74. The molecule has 3 rings (SSSR count). The Morgan fingerprint density at radius 2 is 1.63 bits per heavy atom. The third-order valence-electron chi connectivity index (χ3n) is 4.67. The number of hydrogen-bond acceptors (Lipinski definition) is 3. The number of amides is 1. The average Bonchev–Trinajstić information content (AvgIpc) is 2.71. The molecule has 3 aromatic rings. The second-order valence-electron chi connectivity index (χ2n) is 7.13. The third-order valence-corrected chi connectivity index (χ3v) is 6.56. The first-order valence-electron chi connectivity index (χ1n) is 9.44. The van der Waals surface area contributed by atoms with Crippen molar-refractivity contribution in [2.45, 2.75) is 31.2 Å².